The first-order valence-electron chi connectivity index (χ1n) is 11.0. The number of hydrogen-bond donors (Lipinski definition) is 4. The number of ether oxygens (including phenoxy) is 2. The maximum Gasteiger partial charge on any atom is 0.342 e. The predicted octanol–water partition coefficient (Wildman–Crippen LogP) is 3.22. The van der Waals surface area contributed by atoms with E-state index in [2.05, 4.69) is 25.9 Å². The minimum atomic E-state index is -4.57. The van der Waals surface area contributed by atoms with E-state index in [1.54, 1.807) is 18.2 Å². The van der Waals surface area contributed by atoms with Gasteiger partial charge in [0.2, 0.25) is 6.79 Å². The summed E-state index contributed by atoms with van der Waals surface area (Å²) in [4.78, 5) is 20.3. The molecule has 1 aromatic heterocycles. The van der Waals surface area contributed by atoms with Crippen LogP contribution in [-0.4, -0.2) is 43.0 Å². The molecule has 180 valence electrons. The third kappa shape index (κ3) is 5.41. The summed E-state index contributed by atoms with van der Waals surface area (Å²) in [7, 11) is -4.57. The van der Waals surface area contributed by atoms with Crippen molar-refractivity contribution >= 4 is 7.60 Å². The van der Waals surface area contributed by atoms with Crippen LogP contribution in [0.1, 0.15) is 23.0 Å². The third-order valence-electron chi connectivity index (χ3n) is 5.87. The molecule has 0 saturated carbocycles. The van der Waals surface area contributed by atoms with Gasteiger partial charge in [0.05, 0.1) is 6.04 Å². The number of aromatic nitrogens is 4. The molecule has 0 bridgehead atoms. The molecule has 35 heavy (non-hydrogen) atoms. The first-order chi connectivity index (χ1) is 17.0. The lowest BCUT2D eigenvalue weighted by Gasteiger charge is -2.25. The van der Waals surface area contributed by atoms with Gasteiger partial charge in [-0.25, -0.2) is 0 Å². The summed E-state index contributed by atoms with van der Waals surface area (Å²) in [5.74, 6) is 0.166. The number of nitrogens with zero attached hydrogens (tertiary/aromatic N) is 3. The Balaban J connectivity index is 1.38. The van der Waals surface area contributed by atoms with Crippen molar-refractivity contribution in [2.75, 3.05) is 6.79 Å². The minimum absolute atomic E-state index is 0.0259. The van der Waals surface area contributed by atoms with Gasteiger partial charge < -0.3 is 19.3 Å². The highest BCUT2D eigenvalue weighted by Gasteiger charge is 2.34. The fourth-order valence-electron chi connectivity index (χ4n) is 4.11. The smallest absolute Gasteiger partial charge is 0.342 e. The molecule has 5 rings (SSSR count). The van der Waals surface area contributed by atoms with Crippen molar-refractivity contribution < 1.29 is 23.8 Å². The molecule has 1 unspecified atom stereocenters. The number of nitrogens with one attached hydrogen (secondary N) is 2. The molecule has 2 atom stereocenters. The monoisotopic (exact) mass is 493 g/mol. The van der Waals surface area contributed by atoms with E-state index in [0.717, 1.165) is 16.7 Å². The Labute approximate surface area is 201 Å². The Morgan fingerprint density at radius 2 is 1.71 bits per heavy atom. The van der Waals surface area contributed by atoms with Gasteiger partial charge in [-0.1, -0.05) is 71.9 Å². The summed E-state index contributed by atoms with van der Waals surface area (Å²) in [6, 6.07) is 22.7. The largest absolute Gasteiger partial charge is 0.454 e. The number of para-hydroxylation sites is 1. The van der Waals surface area contributed by atoms with Crippen LogP contribution in [0.4, 0.5) is 0 Å². The number of fused-ring (bicyclic) bond motifs is 1. The van der Waals surface area contributed by atoms with Crippen LogP contribution in [-0.2, 0) is 17.4 Å². The number of H-pyrrole nitrogens is 1. The lowest BCUT2D eigenvalue weighted by Crippen LogP contribution is -2.36. The lowest BCUT2D eigenvalue weighted by molar-refractivity contribution is 0.173. The Morgan fingerprint density at radius 3 is 2.43 bits per heavy atom. The molecular formula is C24H24N5O5P. The van der Waals surface area contributed by atoms with Crippen molar-refractivity contribution in [2.45, 2.75) is 24.7 Å². The van der Waals surface area contributed by atoms with Crippen LogP contribution in [0.25, 0.3) is 11.1 Å². The fourth-order valence-corrected chi connectivity index (χ4v) is 4.92. The third-order valence-corrected chi connectivity index (χ3v) is 7.01. The summed E-state index contributed by atoms with van der Waals surface area (Å²) < 4.78 is 23.4. The zero-order chi connectivity index (χ0) is 24.3. The zero-order valence-electron chi connectivity index (χ0n) is 18.6. The molecule has 4 aromatic rings. The number of hydrogen-bond acceptors (Lipinski definition) is 7. The van der Waals surface area contributed by atoms with Gasteiger partial charge in [0.1, 0.15) is 5.78 Å². The van der Waals surface area contributed by atoms with Crippen LogP contribution in [0.2, 0.25) is 0 Å². The van der Waals surface area contributed by atoms with Gasteiger partial charge >= 0.3 is 7.60 Å². The second kappa shape index (κ2) is 9.97. The molecule has 0 spiro atoms. The summed E-state index contributed by atoms with van der Waals surface area (Å²) in [6.45, 7) is 0.0742. The van der Waals surface area contributed by atoms with Gasteiger partial charge in [0.25, 0.3) is 0 Å². The molecule has 1 aliphatic rings. The van der Waals surface area contributed by atoms with Crippen molar-refractivity contribution in [3.8, 4) is 22.6 Å². The standard InChI is InChI=1S/C24H24N5O5P/c30-35(31,32)22(14-19-7-4-8-21-23(19)34-15-33-21)25-20(24-26-28-29-27-24)13-16-9-11-18(12-10-16)17-5-2-1-3-6-17/h1-12,20,22,25H,13-15H2,(H2,30,31,32)(H,26,27,28,29)/t20-,22?/m0/s1. The van der Waals surface area contributed by atoms with Crippen molar-refractivity contribution in [2.24, 2.45) is 0 Å². The quantitative estimate of drug-likeness (QED) is 0.259. The van der Waals surface area contributed by atoms with Gasteiger partial charge in [0, 0.05) is 12.0 Å². The molecule has 0 saturated heterocycles. The van der Waals surface area contributed by atoms with E-state index in [-0.39, 0.29) is 13.2 Å². The average Bonchev–Trinajstić information content (AvgIpc) is 3.56. The molecule has 1 aliphatic heterocycles. The van der Waals surface area contributed by atoms with E-state index in [1.165, 1.54) is 0 Å². The summed E-state index contributed by atoms with van der Waals surface area (Å²) in [6.07, 6.45) is 0.426. The van der Waals surface area contributed by atoms with Crippen LogP contribution < -0.4 is 14.8 Å². The second-order valence-electron chi connectivity index (χ2n) is 8.22. The Kier molecular flexibility index (Phi) is 6.61. The first kappa shape index (κ1) is 23.2. The van der Waals surface area contributed by atoms with Crippen LogP contribution in [0.5, 0.6) is 11.5 Å². The van der Waals surface area contributed by atoms with Gasteiger partial charge in [-0.3, -0.25) is 9.88 Å². The SMILES string of the molecule is O=P(O)(O)C(Cc1cccc2c1OCO2)N[C@@H](Cc1ccc(-c2ccccc2)cc1)c1nn[nH]n1. The molecular weight excluding hydrogens is 469 g/mol. The maximum atomic E-state index is 12.5. The van der Waals surface area contributed by atoms with Gasteiger partial charge in [-0.2, -0.15) is 5.21 Å². The average molecular weight is 493 g/mol. The van der Waals surface area contributed by atoms with Crippen molar-refractivity contribution in [1.82, 2.24) is 25.9 Å². The van der Waals surface area contributed by atoms with Crippen LogP contribution in [0.15, 0.2) is 72.8 Å². The number of aromatic amines is 1. The molecule has 4 N–H and O–H groups in total. The molecule has 0 amide bonds. The highest BCUT2D eigenvalue weighted by atomic mass is 31.2. The topological polar surface area (TPSA) is 142 Å². The molecule has 0 fully saturated rings. The number of rotatable bonds is 9. The lowest BCUT2D eigenvalue weighted by atomic mass is 10.00. The van der Waals surface area contributed by atoms with E-state index in [0.29, 0.717) is 29.3 Å². The Hall–Kier alpha value is -3.56. The Morgan fingerprint density at radius 1 is 0.943 bits per heavy atom. The van der Waals surface area contributed by atoms with Gasteiger partial charge in [0.15, 0.2) is 17.3 Å². The van der Waals surface area contributed by atoms with Crippen LogP contribution >= 0.6 is 7.60 Å². The van der Waals surface area contributed by atoms with E-state index >= 15 is 0 Å². The van der Waals surface area contributed by atoms with Crippen molar-refractivity contribution in [3.63, 3.8) is 0 Å². The fraction of sp³-hybridized carbons (Fsp3) is 0.208. The zero-order valence-corrected chi connectivity index (χ0v) is 19.5. The predicted molar refractivity (Wildman–Crippen MR) is 128 cm³/mol. The van der Waals surface area contributed by atoms with Crippen molar-refractivity contribution in [3.05, 3.63) is 89.7 Å². The van der Waals surface area contributed by atoms with Gasteiger partial charge in [-0.15, -0.1) is 10.2 Å². The maximum absolute atomic E-state index is 12.5. The molecule has 11 heteroatoms. The van der Waals surface area contributed by atoms with Gasteiger partial charge in [-0.05, 0) is 29.2 Å². The minimum Gasteiger partial charge on any atom is -0.454 e. The molecule has 0 radical (unpaired) electrons. The van der Waals surface area contributed by atoms with E-state index in [9.17, 15) is 14.4 Å². The highest BCUT2D eigenvalue weighted by Crippen LogP contribution is 2.45. The second-order valence-corrected chi connectivity index (χ2v) is 10.0. The number of benzene rings is 3. The molecule has 0 aliphatic carbocycles. The molecule has 2 heterocycles. The summed E-state index contributed by atoms with van der Waals surface area (Å²) in [5, 5.41) is 17.3. The number of tetrazole rings is 1. The van der Waals surface area contributed by atoms with E-state index in [1.807, 2.05) is 54.6 Å². The Bertz CT molecular complexity index is 1310. The van der Waals surface area contributed by atoms with Crippen LogP contribution in [0, 0.1) is 0 Å². The summed E-state index contributed by atoms with van der Waals surface area (Å²) >= 11 is 0. The van der Waals surface area contributed by atoms with Crippen LogP contribution in [0.3, 0.4) is 0 Å². The van der Waals surface area contributed by atoms with E-state index in [4.69, 9.17) is 9.47 Å². The van der Waals surface area contributed by atoms with Crippen molar-refractivity contribution in [1.29, 1.82) is 0 Å². The molecule has 10 nitrogen and oxygen atoms in total. The first-order valence-corrected chi connectivity index (χ1v) is 12.7. The highest BCUT2D eigenvalue weighted by molar-refractivity contribution is 7.52. The normalized spacial score (nSPS) is 14.6. The summed E-state index contributed by atoms with van der Waals surface area (Å²) in [5.41, 5.74) is 3.77. The molecule has 3 aromatic carbocycles. The van der Waals surface area contributed by atoms with E-state index < -0.39 is 19.4 Å².